The van der Waals surface area contributed by atoms with Crippen LogP contribution < -0.4 is 10.6 Å². The molecule has 0 fully saturated rings. The maximum Gasteiger partial charge on any atom is 0.0573 e. The van der Waals surface area contributed by atoms with Crippen LogP contribution in [0.2, 0.25) is 0 Å². The van der Waals surface area contributed by atoms with E-state index in [2.05, 4.69) is 44.6 Å². The van der Waals surface area contributed by atoms with Crippen molar-refractivity contribution in [2.45, 2.75) is 33.7 Å². The second-order valence-electron chi connectivity index (χ2n) is 5.13. The Morgan fingerprint density at radius 3 is 2.40 bits per heavy atom. The van der Waals surface area contributed by atoms with E-state index in [0.717, 1.165) is 5.69 Å². The number of hydrogen-bond donors (Lipinski definition) is 1. The fraction of sp³-hybridized carbons (Fsp3) is 0.583. The van der Waals surface area contributed by atoms with Gasteiger partial charge in [0.1, 0.15) is 0 Å². The van der Waals surface area contributed by atoms with Crippen LogP contribution in [0.5, 0.6) is 0 Å². The van der Waals surface area contributed by atoms with E-state index in [9.17, 15) is 0 Å². The summed E-state index contributed by atoms with van der Waals surface area (Å²) in [6, 6.07) is 2.39. The van der Waals surface area contributed by atoms with Gasteiger partial charge in [0.25, 0.3) is 0 Å². The topological polar surface area (TPSA) is 42.2 Å². The Kier molecular flexibility index (Phi) is 3.22. The van der Waals surface area contributed by atoms with Crippen LogP contribution in [0.3, 0.4) is 0 Å². The summed E-state index contributed by atoms with van der Waals surface area (Å²) in [5.41, 5.74) is 7.73. The van der Waals surface area contributed by atoms with Crippen LogP contribution in [-0.2, 0) is 0 Å². The molecule has 84 valence electrons. The Balaban J connectivity index is 2.90. The fourth-order valence-electron chi connectivity index (χ4n) is 1.44. The molecule has 0 amide bonds. The lowest BCUT2D eigenvalue weighted by molar-refractivity contribution is 0.329. The number of pyridine rings is 1. The van der Waals surface area contributed by atoms with Gasteiger partial charge in [0, 0.05) is 19.3 Å². The first kappa shape index (κ1) is 11.8. The van der Waals surface area contributed by atoms with Gasteiger partial charge in [-0.05, 0) is 18.4 Å². The molecule has 2 N–H and O–H groups in total. The quantitative estimate of drug-likeness (QED) is 0.810. The molecule has 3 nitrogen and oxygen atoms in total. The van der Waals surface area contributed by atoms with Crippen molar-refractivity contribution >= 4 is 11.4 Å². The average molecular weight is 207 g/mol. The lowest BCUT2D eigenvalue weighted by Crippen LogP contribution is -2.39. The molecule has 1 aromatic heterocycles. The minimum Gasteiger partial charge on any atom is -0.397 e. The molecule has 1 atom stereocenters. The molecule has 3 heteroatoms. The van der Waals surface area contributed by atoms with Crippen molar-refractivity contribution in [2.24, 2.45) is 5.41 Å². The summed E-state index contributed by atoms with van der Waals surface area (Å²) in [5.74, 6) is 0. The molecule has 0 aliphatic carbocycles. The van der Waals surface area contributed by atoms with E-state index in [1.165, 1.54) is 0 Å². The first-order valence-corrected chi connectivity index (χ1v) is 5.25. The zero-order valence-corrected chi connectivity index (χ0v) is 10.3. The molecule has 0 saturated heterocycles. The molecule has 1 aromatic rings. The number of anilines is 2. The highest BCUT2D eigenvalue weighted by molar-refractivity contribution is 5.53. The molecule has 0 bridgehead atoms. The van der Waals surface area contributed by atoms with Crippen LogP contribution in [0.25, 0.3) is 0 Å². The summed E-state index contributed by atoms with van der Waals surface area (Å²) in [5, 5.41) is 0. The first-order valence-electron chi connectivity index (χ1n) is 5.25. The van der Waals surface area contributed by atoms with Crippen LogP contribution in [0.4, 0.5) is 11.4 Å². The van der Waals surface area contributed by atoms with E-state index >= 15 is 0 Å². The molecule has 1 unspecified atom stereocenters. The third-order valence-corrected chi connectivity index (χ3v) is 2.99. The standard InChI is InChI=1S/C12H21N3/c1-9(12(2,3)4)15(5)11-6-10(13)7-14-8-11/h6-9H,13H2,1-5H3. The van der Waals surface area contributed by atoms with Gasteiger partial charge in [-0.3, -0.25) is 4.98 Å². The first-order chi connectivity index (χ1) is 6.82. The lowest BCUT2D eigenvalue weighted by atomic mass is 9.87. The smallest absolute Gasteiger partial charge is 0.0573 e. The summed E-state index contributed by atoms with van der Waals surface area (Å²) in [7, 11) is 2.08. The maximum absolute atomic E-state index is 5.72. The van der Waals surface area contributed by atoms with E-state index in [-0.39, 0.29) is 5.41 Å². The molecular formula is C12H21N3. The Labute approximate surface area is 92.3 Å². The van der Waals surface area contributed by atoms with E-state index in [1.807, 2.05) is 12.3 Å². The predicted molar refractivity (Wildman–Crippen MR) is 66.0 cm³/mol. The van der Waals surface area contributed by atoms with Gasteiger partial charge in [0.05, 0.1) is 17.6 Å². The minimum absolute atomic E-state index is 0.235. The van der Waals surface area contributed by atoms with E-state index in [1.54, 1.807) is 6.20 Å². The number of nitrogen functional groups attached to an aromatic ring is 1. The zero-order chi connectivity index (χ0) is 11.6. The third kappa shape index (κ3) is 2.85. The Hall–Kier alpha value is -1.25. The van der Waals surface area contributed by atoms with Crippen molar-refractivity contribution < 1.29 is 0 Å². The molecule has 15 heavy (non-hydrogen) atoms. The Morgan fingerprint density at radius 2 is 1.93 bits per heavy atom. The average Bonchev–Trinajstić information content (AvgIpc) is 2.14. The van der Waals surface area contributed by atoms with E-state index < -0.39 is 0 Å². The van der Waals surface area contributed by atoms with Crippen LogP contribution in [-0.4, -0.2) is 18.1 Å². The minimum atomic E-state index is 0.235. The van der Waals surface area contributed by atoms with Crippen molar-refractivity contribution in [1.82, 2.24) is 4.98 Å². The monoisotopic (exact) mass is 207 g/mol. The molecule has 0 radical (unpaired) electrons. The predicted octanol–water partition coefficient (Wildman–Crippen LogP) is 2.53. The van der Waals surface area contributed by atoms with Crippen molar-refractivity contribution in [1.29, 1.82) is 0 Å². The summed E-state index contributed by atoms with van der Waals surface area (Å²) in [4.78, 5) is 6.31. The Morgan fingerprint density at radius 1 is 1.33 bits per heavy atom. The van der Waals surface area contributed by atoms with Crippen LogP contribution in [0.15, 0.2) is 18.5 Å². The van der Waals surface area contributed by atoms with Crippen molar-refractivity contribution in [3.63, 3.8) is 0 Å². The summed E-state index contributed by atoms with van der Waals surface area (Å²) in [6.07, 6.45) is 3.51. The number of nitrogens with zero attached hydrogens (tertiary/aromatic N) is 2. The molecule has 1 heterocycles. The highest BCUT2D eigenvalue weighted by atomic mass is 15.1. The zero-order valence-electron chi connectivity index (χ0n) is 10.3. The molecule has 1 rings (SSSR count). The second-order valence-corrected chi connectivity index (χ2v) is 5.13. The third-order valence-electron chi connectivity index (χ3n) is 2.99. The van der Waals surface area contributed by atoms with Crippen molar-refractivity contribution in [2.75, 3.05) is 17.7 Å². The molecule has 0 aromatic carbocycles. The van der Waals surface area contributed by atoms with Gasteiger partial charge in [-0.2, -0.15) is 0 Å². The number of rotatable bonds is 2. The molecular weight excluding hydrogens is 186 g/mol. The second kappa shape index (κ2) is 4.09. The summed E-state index contributed by atoms with van der Waals surface area (Å²) in [6.45, 7) is 8.90. The summed E-state index contributed by atoms with van der Waals surface area (Å²) >= 11 is 0. The van der Waals surface area contributed by atoms with Gasteiger partial charge in [-0.25, -0.2) is 0 Å². The number of aromatic nitrogens is 1. The summed E-state index contributed by atoms with van der Waals surface area (Å²) < 4.78 is 0. The Bertz CT molecular complexity index is 328. The van der Waals surface area contributed by atoms with Crippen LogP contribution in [0.1, 0.15) is 27.7 Å². The molecule has 0 spiro atoms. The van der Waals surface area contributed by atoms with Gasteiger partial charge >= 0.3 is 0 Å². The van der Waals surface area contributed by atoms with Gasteiger partial charge in [-0.15, -0.1) is 0 Å². The molecule has 0 saturated carbocycles. The highest BCUT2D eigenvalue weighted by Gasteiger charge is 2.24. The van der Waals surface area contributed by atoms with Gasteiger partial charge in [-0.1, -0.05) is 20.8 Å². The maximum atomic E-state index is 5.72. The van der Waals surface area contributed by atoms with E-state index in [0.29, 0.717) is 11.7 Å². The lowest BCUT2D eigenvalue weighted by Gasteiger charge is -2.36. The van der Waals surface area contributed by atoms with Crippen LogP contribution >= 0.6 is 0 Å². The highest BCUT2D eigenvalue weighted by Crippen LogP contribution is 2.27. The normalized spacial score (nSPS) is 13.7. The number of nitrogens with two attached hydrogens (primary N) is 1. The molecule has 0 aliphatic heterocycles. The largest absolute Gasteiger partial charge is 0.397 e. The SMILES string of the molecule is CC(N(C)c1cncc(N)c1)C(C)(C)C. The van der Waals surface area contributed by atoms with Crippen molar-refractivity contribution in [3.05, 3.63) is 18.5 Å². The van der Waals surface area contributed by atoms with Gasteiger partial charge in [0.15, 0.2) is 0 Å². The van der Waals surface area contributed by atoms with Crippen LogP contribution in [0, 0.1) is 5.41 Å². The van der Waals surface area contributed by atoms with Crippen molar-refractivity contribution in [3.8, 4) is 0 Å². The van der Waals surface area contributed by atoms with Gasteiger partial charge in [0.2, 0.25) is 0 Å². The fourth-order valence-corrected chi connectivity index (χ4v) is 1.44. The molecule has 0 aliphatic rings. The van der Waals surface area contributed by atoms with E-state index in [4.69, 9.17) is 5.73 Å². The van der Waals surface area contributed by atoms with Gasteiger partial charge < -0.3 is 10.6 Å². The number of hydrogen-bond acceptors (Lipinski definition) is 3.